The third kappa shape index (κ3) is 4.21. The number of fused-ring (bicyclic) bond motifs is 1. The number of amides is 1. The van der Waals surface area contributed by atoms with Crippen LogP contribution in [0.3, 0.4) is 0 Å². The lowest BCUT2D eigenvalue weighted by atomic mass is 9.77. The highest BCUT2D eigenvalue weighted by atomic mass is 16.2. The number of carbonyl (C=O) groups excluding carboxylic acids is 1. The van der Waals surface area contributed by atoms with Gasteiger partial charge in [0.25, 0.3) is 0 Å². The zero-order valence-electron chi connectivity index (χ0n) is 15.8. The van der Waals surface area contributed by atoms with Gasteiger partial charge in [-0.3, -0.25) is 4.79 Å². The summed E-state index contributed by atoms with van der Waals surface area (Å²) in [5, 5.41) is 3.61. The van der Waals surface area contributed by atoms with Crippen LogP contribution in [0.25, 0.3) is 0 Å². The number of carbonyl (C=O) groups is 1. The van der Waals surface area contributed by atoms with Crippen molar-refractivity contribution in [1.29, 1.82) is 0 Å². The van der Waals surface area contributed by atoms with Crippen LogP contribution in [0.1, 0.15) is 39.5 Å². The molecule has 2 heterocycles. The first-order valence-corrected chi connectivity index (χ1v) is 9.21. The maximum atomic E-state index is 13.0. The lowest BCUT2D eigenvalue weighted by Gasteiger charge is -2.37. The monoisotopic (exact) mass is 340 g/mol. The molecule has 136 valence electrons. The Labute approximate surface area is 152 Å². The van der Waals surface area contributed by atoms with E-state index in [1.165, 1.54) is 5.57 Å². The third-order valence-electron chi connectivity index (χ3n) is 5.55. The van der Waals surface area contributed by atoms with Crippen molar-refractivity contribution in [3.05, 3.63) is 61.3 Å². The summed E-state index contributed by atoms with van der Waals surface area (Å²) < 4.78 is 0. The number of hydrogen-bond donors (Lipinski definition) is 1. The second kappa shape index (κ2) is 8.48. The summed E-state index contributed by atoms with van der Waals surface area (Å²) in [6, 6.07) is 0.570. The summed E-state index contributed by atoms with van der Waals surface area (Å²) in [7, 11) is 0. The molecule has 0 unspecified atom stereocenters. The van der Waals surface area contributed by atoms with Crippen molar-refractivity contribution in [1.82, 2.24) is 10.2 Å². The Hall–Kier alpha value is -1.87. The van der Waals surface area contributed by atoms with E-state index < -0.39 is 0 Å². The van der Waals surface area contributed by atoms with E-state index in [1.807, 2.05) is 19.1 Å². The van der Waals surface area contributed by atoms with Gasteiger partial charge in [-0.1, -0.05) is 42.5 Å². The number of nitrogens with zero attached hydrogens (tertiary/aromatic N) is 1. The minimum atomic E-state index is -0.335. The second-order valence-corrected chi connectivity index (χ2v) is 7.39. The summed E-state index contributed by atoms with van der Waals surface area (Å²) in [6.07, 6.45) is 13.4. The standard InChI is InChI=1S/C22H32N2O/c1-6-12-22(13-7-2)16-20-19(23-14-15-24(20)21(22)25)11-9-8-10-18(5)17(3)4/h6-10,19-20,23H,1-3,11-16H2,4-5H3/b9-8-,18-10-/t19-,20-/m0/s1. The van der Waals surface area contributed by atoms with Gasteiger partial charge in [-0.25, -0.2) is 0 Å². The zero-order chi connectivity index (χ0) is 18.4. The molecule has 1 N–H and O–H groups in total. The molecule has 0 bridgehead atoms. The van der Waals surface area contributed by atoms with Gasteiger partial charge in [0.1, 0.15) is 0 Å². The van der Waals surface area contributed by atoms with Crippen LogP contribution in [-0.2, 0) is 4.79 Å². The minimum absolute atomic E-state index is 0.261. The highest BCUT2D eigenvalue weighted by Crippen LogP contribution is 2.44. The normalized spacial score (nSPS) is 25.9. The molecule has 2 fully saturated rings. The van der Waals surface area contributed by atoms with E-state index in [2.05, 4.69) is 55.1 Å². The number of hydrogen-bond acceptors (Lipinski definition) is 2. The SMILES string of the molecule is C=CCC1(CC=C)C[C@H]2[C@H](C/C=C\C=C(\C)C(=C)C)NCCN2C1=O. The zero-order valence-corrected chi connectivity index (χ0v) is 15.8. The molecule has 0 saturated carbocycles. The van der Waals surface area contributed by atoms with Crippen LogP contribution in [0.4, 0.5) is 0 Å². The number of allylic oxidation sites excluding steroid dienone is 6. The number of piperazine rings is 1. The second-order valence-electron chi connectivity index (χ2n) is 7.39. The van der Waals surface area contributed by atoms with E-state index in [9.17, 15) is 4.79 Å². The van der Waals surface area contributed by atoms with Gasteiger partial charge in [-0.15, -0.1) is 13.2 Å². The molecule has 3 heteroatoms. The molecule has 3 nitrogen and oxygen atoms in total. The minimum Gasteiger partial charge on any atom is -0.336 e. The topological polar surface area (TPSA) is 32.3 Å². The van der Waals surface area contributed by atoms with Crippen molar-refractivity contribution in [2.45, 2.75) is 51.6 Å². The van der Waals surface area contributed by atoms with Gasteiger partial charge in [-0.2, -0.15) is 0 Å². The highest BCUT2D eigenvalue weighted by molar-refractivity contribution is 5.86. The predicted octanol–water partition coefficient (Wildman–Crippen LogP) is 4.17. The van der Waals surface area contributed by atoms with E-state index in [-0.39, 0.29) is 17.4 Å². The van der Waals surface area contributed by atoms with E-state index in [0.717, 1.165) is 44.3 Å². The molecule has 25 heavy (non-hydrogen) atoms. The van der Waals surface area contributed by atoms with Crippen LogP contribution in [0, 0.1) is 5.41 Å². The molecule has 2 aliphatic heterocycles. The first-order chi connectivity index (χ1) is 11.9. The first kappa shape index (κ1) is 19.5. The maximum absolute atomic E-state index is 13.0. The summed E-state index contributed by atoms with van der Waals surface area (Å²) in [5.74, 6) is 0.283. The van der Waals surface area contributed by atoms with E-state index in [0.29, 0.717) is 6.04 Å². The Bertz CT molecular complexity index is 589. The molecule has 0 spiro atoms. The summed E-state index contributed by atoms with van der Waals surface area (Å²) in [4.78, 5) is 15.1. The molecule has 1 amide bonds. The van der Waals surface area contributed by atoms with Crippen LogP contribution >= 0.6 is 0 Å². The summed E-state index contributed by atoms with van der Waals surface area (Å²) in [6.45, 7) is 17.4. The van der Waals surface area contributed by atoms with Crippen molar-refractivity contribution in [3.8, 4) is 0 Å². The van der Waals surface area contributed by atoms with E-state index >= 15 is 0 Å². The number of rotatable bonds is 8. The van der Waals surface area contributed by atoms with Gasteiger partial charge in [0, 0.05) is 25.2 Å². The van der Waals surface area contributed by atoms with Crippen LogP contribution in [0.5, 0.6) is 0 Å². The van der Waals surface area contributed by atoms with Crippen molar-refractivity contribution in [2.24, 2.45) is 5.41 Å². The van der Waals surface area contributed by atoms with Gasteiger partial charge in [0.05, 0.1) is 5.41 Å². The summed E-state index contributed by atoms with van der Waals surface area (Å²) >= 11 is 0. The van der Waals surface area contributed by atoms with Gasteiger partial charge in [0.2, 0.25) is 5.91 Å². The predicted molar refractivity (Wildman–Crippen MR) is 106 cm³/mol. The van der Waals surface area contributed by atoms with Crippen LogP contribution in [0.15, 0.2) is 61.3 Å². The van der Waals surface area contributed by atoms with Crippen molar-refractivity contribution in [3.63, 3.8) is 0 Å². The van der Waals surface area contributed by atoms with Gasteiger partial charge in [-0.05, 0) is 45.1 Å². The van der Waals surface area contributed by atoms with Crippen molar-refractivity contribution >= 4 is 5.91 Å². The van der Waals surface area contributed by atoms with Gasteiger partial charge in [0.15, 0.2) is 0 Å². The molecular formula is C22H32N2O. The summed E-state index contributed by atoms with van der Waals surface area (Å²) in [5.41, 5.74) is 1.95. The average molecular weight is 341 g/mol. The largest absolute Gasteiger partial charge is 0.336 e. The Morgan fingerprint density at radius 2 is 2.00 bits per heavy atom. The van der Waals surface area contributed by atoms with E-state index in [4.69, 9.17) is 0 Å². The third-order valence-corrected chi connectivity index (χ3v) is 5.55. The Morgan fingerprint density at radius 3 is 2.60 bits per heavy atom. The van der Waals surface area contributed by atoms with Crippen LogP contribution in [-0.4, -0.2) is 36.0 Å². The molecule has 2 atom stereocenters. The van der Waals surface area contributed by atoms with Crippen LogP contribution in [0.2, 0.25) is 0 Å². The van der Waals surface area contributed by atoms with Crippen molar-refractivity contribution < 1.29 is 4.79 Å². The fourth-order valence-corrected chi connectivity index (χ4v) is 3.98. The maximum Gasteiger partial charge on any atom is 0.229 e. The molecule has 0 aromatic carbocycles. The van der Waals surface area contributed by atoms with Gasteiger partial charge < -0.3 is 10.2 Å². The molecule has 2 aliphatic rings. The highest BCUT2D eigenvalue weighted by Gasteiger charge is 2.52. The number of nitrogens with one attached hydrogen (secondary N) is 1. The molecule has 2 saturated heterocycles. The molecular weight excluding hydrogens is 308 g/mol. The first-order valence-electron chi connectivity index (χ1n) is 9.21. The quantitative estimate of drug-likeness (QED) is 0.531. The fraction of sp³-hybridized carbons (Fsp3) is 0.500. The van der Waals surface area contributed by atoms with Crippen molar-refractivity contribution in [2.75, 3.05) is 13.1 Å². The Balaban J connectivity index is 2.10. The molecule has 0 radical (unpaired) electrons. The Kier molecular flexibility index (Phi) is 6.60. The lowest BCUT2D eigenvalue weighted by molar-refractivity contribution is -0.137. The Morgan fingerprint density at radius 1 is 1.32 bits per heavy atom. The average Bonchev–Trinajstić information content (AvgIpc) is 2.85. The smallest absolute Gasteiger partial charge is 0.229 e. The van der Waals surface area contributed by atoms with E-state index in [1.54, 1.807) is 0 Å². The molecule has 0 aliphatic carbocycles. The van der Waals surface area contributed by atoms with Crippen LogP contribution < -0.4 is 5.32 Å². The molecule has 2 rings (SSSR count). The lowest BCUT2D eigenvalue weighted by Crippen LogP contribution is -2.56. The van der Waals surface area contributed by atoms with Gasteiger partial charge >= 0.3 is 0 Å². The molecule has 0 aromatic heterocycles. The molecule has 0 aromatic rings. The fourth-order valence-electron chi connectivity index (χ4n) is 3.98.